The van der Waals surface area contributed by atoms with E-state index >= 15 is 0 Å². The van der Waals surface area contributed by atoms with Crippen LogP contribution in [0.15, 0.2) is 0 Å². The quantitative estimate of drug-likeness (QED) is 0.516. The highest BCUT2D eigenvalue weighted by Crippen LogP contribution is 2.03. The molecule has 0 aromatic carbocycles. The third-order valence-corrected chi connectivity index (χ3v) is 2.72. The Morgan fingerprint density at radius 3 is 2.25 bits per heavy atom. The maximum Gasteiger partial charge on any atom is 0.233 e. The normalized spacial score (nSPS) is 12.4. The summed E-state index contributed by atoms with van der Waals surface area (Å²) in [4.78, 5) is 10.9. The molecule has 0 amide bonds. The summed E-state index contributed by atoms with van der Waals surface area (Å²) in [5, 5.41) is 0. The van der Waals surface area contributed by atoms with Gasteiger partial charge >= 0.3 is 0 Å². The van der Waals surface area contributed by atoms with Crippen LogP contribution in [0.25, 0.3) is 0 Å². The molecule has 0 saturated heterocycles. The van der Waals surface area contributed by atoms with Crippen molar-refractivity contribution in [3.8, 4) is 0 Å². The molecular formula is C4H13O2Si2. The Balaban J connectivity index is 3.11. The Bertz CT molecular complexity index is 59.5. The van der Waals surface area contributed by atoms with E-state index in [4.69, 9.17) is 4.43 Å². The molecule has 0 spiro atoms. The maximum absolute atomic E-state index is 10.9. The molecule has 2 nitrogen and oxygen atoms in total. The first-order chi connectivity index (χ1) is 3.56. The summed E-state index contributed by atoms with van der Waals surface area (Å²) < 4.78 is 4.89. The van der Waals surface area contributed by atoms with Gasteiger partial charge in [-0.1, -0.05) is 0 Å². The molecular weight excluding hydrogens is 136 g/mol. The fourth-order valence-corrected chi connectivity index (χ4v) is 1.66. The third kappa shape index (κ3) is 6.35. The average Bonchev–Trinajstić information content (AvgIpc) is 1.59. The summed E-state index contributed by atoms with van der Waals surface area (Å²) in [6, 6.07) is 0.760. The largest absolute Gasteiger partial charge is 0.428 e. The van der Waals surface area contributed by atoms with Crippen molar-refractivity contribution in [2.45, 2.75) is 19.1 Å². The van der Waals surface area contributed by atoms with Crippen LogP contribution < -0.4 is 0 Å². The lowest BCUT2D eigenvalue weighted by Crippen LogP contribution is -2.24. The van der Waals surface area contributed by atoms with Gasteiger partial charge in [-0.15, -0.1) is 0 Å². The van der Waals surface area contributed by atoms with Crippen molar-refractivity contribution in [3.63, 3.8) is 0 Å². The van der Waals surface area contributed by atoms with E-state index in [9.17, 15) is 4.80 Å². The predicted octanol–water partition coefficient (Wildman–Crippen LogP) is -0.0810. The first kappa shape index (κ1) is 8.35. The van der Waals surface area contributed by atoms with Crippen LogP contribution in [-0.2, 0) is 9.22 Å². The van der Waals surface area contributed by atoms with Gasteiger partial charge in [-0.05, 0) is 19.1 Å². The van der Waals surface area contributed by atoms with Crippen LogP contribution in [0.3, 0.4) is 0 Å². The van der Waals surface area contributed by atoms with Gasteiger partial charge in [-0.25, -0.2) is 0 Å². The second-order valence-electron chi connectivity index (χ2n) is 2.50. The molecule has 0 aliphatic rings. The minimum Gasteiger partial charge on any atom is -0.428 e. The van der Waals surface area contributed by atoms with Crippen molar-refractivity contribution in [2.75, 3.05) is 6.61 Å². The van der Waals surface area contributed by atoms with E-state index in [0.717, 1.165) is 16.5 Å². The fraction of sp³-hybridized carbons (Fsp3) is 1.00. The summed E-state index contributed by atoms with van der Waals surface area (Å²) in [6.45, 7) is 4.32. The Labute approximate surface area is 54.5 Å². The molecule has 1 radical (unpaired) electrons. The smallest absolute Gasteiger partial charge is 0.233 e. The lowest BCUT2D eigenvalue weighted by Gasteiger charge is -2.08. The molecule has 0 aliphatic heterocycles. The molecule has 0 unspecified atom stereocenters. The van der Waals surface area contributed by atoms with E-state index < -0.39 is 8.32 Å². The Morgan fingerprint density at radius 1 is 1.62 bits per heavy atom. The van der Waals surface area contributed by atoms with Crippen LogP contribution in [0.1, 0.15) is 0 Å². The van der Waals surface area contributed by atoms with Gasteiger partial charge in [0.1, 0.15) is 10.5 Å². The maximum atomic E-state index is 10.9. The van der Waals surface area contributed by atoms with Crippen molar-refractivity contribution < 1.29 is 9.22 Å². The van der Waals surface area contributed by atoms with Crippen LogP contribution in [0.4, 0.5) is 0 Å². The fourth-order valence-electron chi connectivity index (χ4n) is 0.348. The van der Waals surface area contributed by atoms with Crippen molar-refractivity contribution in [1.29, 1.82) is 0 Å². The van der Waals surface area contributed by atoms with Gasteiger partial charge in [-0.2, -0.15) is 0 Å². The van der Waals surface area contributed by atoms with Crippen LogP contribution >= 0.6 is 0 Å². The van der Waals surface area contributed by atoms with E-state index in [1.807, 2.05) is 13.1 Å². The highest BCUT2D eigenvalue weighted by molar-refractivity contribution is 6.69. The number of rotatable bonds is 3. The molecule has 0 bridgehead atoms. The van der Waals surface area contributed by atoms with Crippen LogP contribution in [-0.4, -0.2) is 25.4 Å². The number of hydrogen-bond donors (Lipinski definition) is 0. The summed E-state index contributed by atoms with van der Waals surface area (Å²) in [6.07, 6.45) is 0. The van der Waals surface area contributed by atoms with Crippen LogP contribution in [0.2, 0.25) is 19.1 Å². The van der Waals surface area contributed by atoms with E-state index in [-0.39, 0.29) is 0 Å². The molecule has 8 heavy (non-hydrogen) atoms. The minimum atomic E-state index is -2.03. The standard InChI is InChI=1S/C4H13O2Si2/c1-8(2,5)4-3-6-7/h3-4H2,1-2,7H3. The summed E-state index contributed by atoms with van der Waals surface area (Å²) in [5.74, 6) is 0. The first-order valence-corrected chi connectivity index (χ1v) is 6.69. The van der Waals surface area contributed by atoms with Crippen LogP contribution in [0, 0.1) is 0 Å². The first-order valence-electron chi connectivity index (χ1n) is 2.75. The van der Waals surface area contributed by atoms with Gasteiger partial charge in [0.25, 0.3) is 0 Å². The molecule has 0 heterocycles. The zero-order valence-electron chi connectivity index (χ0n) is 5.73. The van der Waals surface area contributed by atoms with Gasteiger partial charge in [-0.3, -0.25) is 4.80 Å². The van der Waals surface area contributed by atoms with Gasteiger partial charge in [0.05, 0.1) is 0 Å². The van der Waals surface area contributed by atoms with Gasteiger partial charge < -0.3 is 4.43 Å². The monoisotopic (exact) mass is 149 g/mol. The average molecular weight is 149 g/mol. The molecule has 0 atom stereocenters. The molecule has 0 saturated carbocycles. The van der Waals surface area contributed by atoms with Crippen molar-refractivity contribution >= 4 is 18.8 Å². The molecule has 0 aromatic heterocycles. The molecule has 0 fully saturated rings. The van der Waals surface area contributed by atoms with Crippen LogP contribution in [0.5, 0.6) is 0 Å². The second kappa shape index (κ2) is 3.39. The highest BCUT2D eigenvalue weighted by Gasteiger charge is 2.18. The molecule has 0 N–H and O–H groups in total. The van der Waals surface area contributed by atoms with E-state index in [0.29, 0.717) is 6.61 Å². The van der Waals surface area contributed by atoms with Crippen molar-refractivity contribution in [3.05, 3.63) is 0 Å². The predicted molar refractivity (Wildman–Crippen MR) is 38.9 cm³/mol. The lowest BCUT2D eigenvalue weighted by molar-refractivity contribution is 0.351. The summed E-state index contributed by atoms with van der Waals surface area (Å²) >= 11 is 0. The second-order valence-corrected chi connectivity index (χ2v) is 7.10. The minimum absolute atomic E-state index is 0.689. The zero-order chi connectivity index (χ0) is 6.62. The molecule has 4 heteroatoms. The van der Waals surface area contributed by atoms with Gasteiger partial charge in [0.2, 0.25) is 8.32 Å². The molecule has 0 rings (SSSR count). The topological polar surface area (TPSA) is 29.1 Å². The lowest BCUT2D eigenvalue weighted by atomic mass is 10.9. The van der Waals surface area contributed by atoms with Gasteiger partial charge in [0, 0.05) is 6.61 Å². The van der Waals surface area contributed by atoms with Crippen molar-refractivity contribution in [1.82, 2.24) is 0 Å². The van der Waals surface area contributed by atoms with Gasteiger partial charge in [0.15, 0.2) is 0 Å². The van der Waals surface area contributed by atoms with E-state index in [1.165, 1.54) is 0 Å². The Morgan fingerprint density at radius 2 is 2.12 bits per heavy atom. The Hall–Kier alpha value is 0.354. The highest BCUT2D eigenvalue weighted by atomic mass is 28.4. The number of hydrogen-bond acceptors (Lipinski definition) is 1. The van der Waals surface area contributed by atoms with E-state index in [1.54, 1.807) is 0 Å². The molecule has 49 valence electrons. The van der Waals surface area contributed by atoms with Crippen molar-refractivity contribution in [2.24, 2.45) is 0 Å². The SMILES string of the molecule is C[Si](C)([O])CCO[SiH3]. The molecule has 0 aromatic rings. The zero-order valence-corrected chi connectivity index (χ0v) is 8.73. The Kier molecular flexibility index (Phi) is 3.54. The third-order valence-electron chi connectivity index (χ3n) is 0.908. The summed E-state index contributed by atoms with van der Waals surface area (Å²) in [5.41, 5.74) is 0. The molecule has 0 aliphatic carbocycles. The summed E-state index contributed by atoms with van der Waals surface area (Å²) in [7, 11) is -1.27. The van der Waals surface area contributed by atoms with E-state index in [2.05, 4.69) is 0 Å².